The highest BCUT2D eigenvalue weighted by Gasteiger charge is 1.91. The van der Waals surface area contributed by atoms with Gasteiger partial charge >= 0.3 is 0 Å². The number of aromatic hydroxyl groups is 1. The van der Waals surface area contributed by atoms with E-state index in [0.29, 0.717) is 5.75 Å². The molecule has 0 saturated heterocycles. The maximum atomic E-state index is 9.00. The van der Waals surface area contributed by atoms with Crippen molar-refractivity contribution in [2.24, 2.45) is 0 Å². The van der Waals surface area contributed by atoms with Gasteiger partial charge in [0.05, 0.1) is 0 Å². The van der Waals surface area contributed by atoms with Gasteiger partial charge in [-0.15, -0.1) is 12.3 Å². The van der Waals surface area contributed by atoms with E-state index in [2.05, 4.69) is 5.92 Å². The van der Waals surface area contributed by atoms with E-state index in [1.165, 1.54) is 5.56 Å². The molecule has 0 saturated carbocycles. The van der Waals surface area contributed by atoms with Gasteiger partial charge in [-0.3, -0.25) is 0 Å². The van der Waals surface area contributed by atoms with Crippen LogP contribution in [0.1, 0.15) is 18.4 Å². The number of rotatable bonds is 3. The monoisotopic (exact) mass is 160 g/mol. The summed E-state index contributed by atoms with van der Waals surface area (Å²) < 4.78 is 0. The smallest absolute Gasteiger partial charge is 0.115 e. The lowest BCUT2D eigenvalue weighted by Gasteiger charge is -1.98. The third-order valence-corrected chi connectivity index (χ3v) is 1.72. The van der Waals surface area contributed by atoms with Crippen molar-refractivity contribution < 1.29 is 5.11 Å². The Morgan fingerprint density at radius 1 is 1.25 bits per heavy atom. The molecule has 0 atom stereocenters. The Kier molecular flexibility index (Phi) is 3.22. The standard InChI is InChI=1S/C11H12O/c1-2-3-4-5-10-6-8-11(12)9-7-10/h1,6-9,12H,3-5H2. The Bertz CT molecular complexity index is 266. The molecular weight excluding hydrogens is 148 g/mol. The first kappa shape index (κ1) is 8.67. The number of aryl methyl sites for hydroxylation is 1. The van der Waals surface area contributed by atoms with E-state index < -0.39 is 0 Å². The maximum Gasteiger partial charge on any atom is 0.115 e. The van der Waals surface area contributed by atoms with Gasteiger partial charge in [-0.1, -0.05) is 12.1 Å². The summed E-state index contributed by atoms with van der Waals surface area (Å²) in [5.41, 5.74) is 1.23. The van der Waals surface area contributed by atoms with Crippen LogP contribution in [0.5, 0.6) is 5.75 Å². The highest BCUT2D eigenvalue weighted by molar-refractivity contribution is 5.25. The fourth-order valence-electron chi connectivity index (χ4n) is 1.06. The van der Waals surface area contributed by atoms with Gasteiger partial charge in [-0.2, -0.15) is 0 Å². The number of hydrogen-bond donors (Lipinski definition) is 1. The number of unbranched alkanes of at least 4 members (excludes halogenated alkanes) is 1. The summed E-state index contributed by atoms with van der Waals surface area (Å²) in [4.78, 5) is 0. The van der Waals surface area contributed by atoms with E-state index in [0.717, 1.165) is 19.3 Å². The fourth-order valence-corrected chi connectivity index (χ4v) is 1.06. The summed E-state index contributed by atoms with van der Waals surface area (Å²) in [6.07, 6.45) is 7.95. The van der Waals surface area contributed by atoms with E-state index in [1.54, 1.807) is 12.1 Å². The van der Waals surface area contributed by atoms with Crippen LogP contribution < -0.4 is 0 Å². The highest BCUT2D eigenvalue weighted by Crippen LogP contribution is 2.11. The Balaban J connectivity index is 2.43. The molecule has 0 aliphatic rings. The van der Waals surface area contributed by atoms with Crippen molar-refractivity contribution in [2.45, 2.75) is 19.3 Å². The second-order valence-corrected chi connectivity index (χ2v) is 2.72. The molecule has 1 rings (SSSR count). The molecule has 1 nitrogen and oxygen atoms in total. The molecule has 1 heteroatoms. The van der Waals surface area contributed by atoms with Crippen LogP contribution in [0.4, 0.5) is 0 Å². The van der Waals surface area contributed by atoms with Gasteiger partial charge in [-0.05, 0) is 30.5 Å². The van der Waals surface area contributed by atoms with Gasteiger partial charge in [0.1, 0.15) is 5.75 Å². The summed E-state index contributed by atoms with van der Waals surface area (Å²) in [5, 5.41) is 9.00. The first-order valence-corrected chi connectivity index (χ1v) is 4.04. The van der Waals surface area contributed by atoms with Crippen LogP contribution >= 0.6 is 0 Å². The largest absolute Gasteiger partial charge is 0.508 e. The summed E-state index contributed by atoms with van der Waals surface area (Å²) in [6.45, 7) is 0. The summed E-state index contributed by atoms with van der Waals surface area (Å²) >= 11 is 0. The third kappa shape index (κ3) is 2.67. The fraction of sp³-hybridized carbons (Fsp3) is 0.273. The summed E-state index contributed by atoms with van der Waals surface area (Å²) in [6, 6.07) is 7.24. The maximum absolute atomic E-state index is 9.00. The third-order valence-electron chi connectivity index (χ3n) is 1.72. The zero-order chi connectivity index (χ0) is 8.81. The van der Waals surface area contributed by atoms with Gasteiger partial charge in [0, 0.05) is 6.42 Å². The zero-order valence-corrected chi connectivity index (χ0v) is 6.96. The van der Waals surface area contributed by atoms with Crippen molar-refractivity contribution in [1.82, 2.24) is 0 Å². The van der Waals surface area contributed by atoms with Gasteiger partial charge in [-0.25, -0.2) is 0 Å². The van der Waals surface area contributed by atoms with Crippen molar-refractivity contribution in [2.75, 3.05) is 0 Å². The van der Waals surface area contributed by atoms with Gasteiger partial charge in [0.15, 0.2) is 0 Å². The van der Waals surface area contributed by atoms with Crippen LogP contribution in [0.25, 0.3) is 0 Å². The average Bonchev–Trinajstić information content (AvgIpc) is 2.09. The number of terminal acetylenes is 1. The normalized spacial score (nSPS) is 9.25. The molecule has 0 aromatic heterocycles. The predicted molar refractivity (Wildman–Crippen MR) is 49.9 cm³/mol. The van der Waals surface area contributed by atoms with Crippen LogP contribution in [0.3, 0.4) is 0 Å². The lowest BCUT2D eigenvalue weighted by atomic mass is 10.1. The molecule has 0 aliphatic carbocycles. The first-order valence-electron chi connectivity index (χ1n) is 4.04. The van der Waals surface area contributed by atoms with Crippen molar-refractivity contribution in [1.29, 1.82) is 0 Å². The van der Waals surface area contributed by atoms with Crippen LogP contribution in [0.15, 0.2) is 24.3 Å². The van der Waals surface area contributed by atoms with Crippen LogP contribution in [-0.4, -0.2) is 5.11 Å². The molecule has 0 heterocycles. The number of benzene rings is 1. The van der Waals surface area contributed by atoms with E-state index in [4.69, 9.17) is 11.5 Å². The second kappa shape index (κ2) is 4.46. The molecule has 0 aliphatic heterocycles. The highest BCUT2D eigenvalue weighted by atomic mass is 16.3. The topological polar surface area (TPSA) is 20.2 Å². The van der Waals surface area contributed by atoms with Crippen molar-refractivity contribution in [3.05, 3.63) is 29.8 Å². The Hall–Kier alpha value is -1.42. The Morgan fingerprint density at radius 2 is 1.92 bits per heavy atom. The molecule has 0 radical (unpaired) electrons. The van der Waals surface area contributed by atoms with E-state index in [9.17, 15) is 0 Å². The predicted octanol–water partition coefficient (Wildman–Crippen LogP) is 2.35. The average molecular weight is 160 g/mol. The van der Waals surface area contributed by atoms with Crippen molar-refractivity contribution in [3.8, 4) is 18.1 Å². The Labute approximate surface area is 73.0 Å². The molecule has 0 amide bonds. The molecular formula is C11H12O. The number of phenolic OH excluding ortho intramolecular Hbond substituents is 1. The molecule has 0 bridgehead atoms. The zero-order valence-electron chi connectivity index (χ0n) is 6.96. The molecule has 12 heavy (non-hydrogen) atoms. The van der Waals surface area contributed by atoms with Gasteiger partial charge in [0.2, 0.25) is 0 Å². The van der Waals surface area contributed by atoms with Crippen LogP contribution in [-0.2, 0) is 6.42 Å². The van der Waals surface area contributed by atoms with E-state index in [1.807, 2.05) is 12.1 Å². The van der Waals surface area contributed by atoms with Crippen LogP contribution in [0.2, 0.25) is 0 Å². The molecule has 1 aromatic carbocycles. The molecule has 1 N–H and O–H groups in total. The Morgan fingerprint density at radius 3 is 2.50 bits per heavy atom. The molecule has 62 valence electrons. The second-order valence-electron chi connectivity index (χ2n) is 2.72. The molecule has 0 spiro atoms. The molecule has 1 aromatic rings. The molecule has 0 unspecified atom stereocenters. The number of phenols is 1. The minimum Gasteiger partial charge on any atom is -0.508 e. The van der Waals surface area contributed by atoms with Crippen LogP contribution in [0, 0.1) is 12.3 Å². The summed E-state index contributed by atoms with van der Waals surface area (Å²) in [5.74, 6) is 2.92. The van der Waals surface area contributed by atoms with Crippen molar-refractivity contribution >= 4 is 0 Å². The summed E-state index contributed by atoms with van der Waals surface area (Å²) in [7, 11) is 0. The first-order chi connectivity index (χ1) is 5.83. The molecule has 0 fully saturated rings. The van der Waals surface area contributed by atoms with Crippen molar-refractivity contribution in [3.63, 3.8) is 0 Å². The SMILES string of the molecule is C#CCCCc1ccc(O)cc1. The van der Waals surface area contributed by atoms with E-state index in [-0.39, 0.29) is 0 Å². The van der Waals surface area contributed by atoms with Gasteiger partial charge < -0.3 is 5.11 Å². The lowest BCUT2D eigenvalue weighted by molar-refractivity contribution is 0.475. The number of hydrogen-bond acceptors (Lipinski definition) is 1. The minimum atomic E-state index is 0.315. The van der Waals surface area contributed by atoms with Gasteiger partial charge in [0.25, 0.3) is 0 Å². The lowest BCUT2D eigenvalue weighted by Crippen LogP contribution is -1.83. The van der Waals surface area contributed by atoms with E-state index >= 15 is 0 Å². The quantitative estimate of drug-likeness (QED) is 0.531. The minimum absolute atomic E-state index is 0.315.